The molecule has 0 N–H and O–H groups in total. The quantitative estimate of drug-likeness (QED) is 0.548. The first-order valence-electron chi connectivity index (χ1n) is 5.25. The SMILES string of the molecule is CC1=Nc2ccccc2/C1=C/C=N/N(C)C. The zero-order valence-electron chi connectivity index (χ0n) is 9.81. The van der Waals surface area contributed by atoms with Gasteiger partial charge in [0.1, 0.15) is 0 Å². The zero-order chi connectivity index (χ0) is 11.5. The molecule has 0 spiro atoms. The molecule has 0 saturated heterocycles. The van der Waals surface area contributed by atoms with Crippen LogP contribution >= 0.6 is 0 Å². The summed E-state index contributed by atoms with van der Waals surface area (Å²) in [6, 6.07) is 8.16. The molecule has 2 rings (SSSR count). The normalized spacial score (nSPS) is 16.7. The van der Waals surface area contributed by atoms with Gasteiger partial charge in [0.05, 0.1) is 5.69 Å². The number of fused-ring (bicyclic) bond motifs is 1. The van der Waals surface area contributed by atoms with Gasteiger partial charge in [0.25, 0.3) is 0 Å². The molecular weight excluding hydrogens is 198 g/mol. The van der Waals surface area contributed by atoms with Gasteiger partial charge in [0.2, 0.25) is 0 Å². The Hall–Kier alpha value is -1.90. The van der Waals surface area contributed by atoms with Crippen LogP contribution < -0.4 is 0 Å². The molecular formula is C13H15N3. The maximum atomic E-state index is 4.50. The smallest absolute Gasteiger partial charge is 0.0712 e. The third-order valence-corrected chi connectivity index (χ3v) is 2.41. The molecule has 0 bridgehead atoms. The van der Waals surface area contributed by atoms with Crippen LogP contribution in [0.4, 0.5) is 5.69 Å². The lowest BCUT2D eigenvalue weighted by atomic mass is 10.0. The molecule has 0 atom stereocenters. The number of rotatable bonds is 2. The predicted octanol–water partition coefficient (Wildman–Crippen LogP) is 2.72. The molecule has 0 saturated carbocycles. The third-order valence-electron chi connectivity index (χ3n) is 2.41. The van der Waals surface area contributed by atoms with Crippen LogP contribution in [0.3, 0.4) is 0 Å². The van der Waals surface area contributed by atoms with Gasteiger partial charge in [-0.2, -0.15) is 5.10 Å². The largest absolute Gasteiger partial charge is 0.303 e. The highest BCUT2D eigenvalue weighted by Crippen LogP contribution is 2.33. The van der Waals surface area contributed by atoms with E-state index in [1.54, 1.807) is 11.2 Å². The Morgan fingerprint density at radius 3 is 2.75 bits per heavy atom. The Morgan fingerprint density at radius 1 is 1.25 bits per heavy atom. The number of nitrogens with zero attached hydrogens (tertiary/aromatic N) is 3. The third kappa shape index (κ3) is 2.03. The lowest BCUT2D eigenvalue weighted by Crippen LogP contribution is -2.01. The molecule has 0 aliphatic carbocycles. The van der Waals surface area contributed by atoms with E-state index in [-0.39, 0.29) is 0 Å². The van der Waals surface area contributed by atoms with Gasteiger partial charge >= 0.3 is 0 Å². The van der Waals surface area contributed by atoms with Crippen LogP contribution in [0.25, 0.3) is 5.57 Å². The Morgan fingerprint density at radius 2 is 2.00 bits per heavy atom. The van der Waals surface area contributed by atoms with Crippen LogP contribution in [-0.2, 0) is 0 Å². The second kappa shape index (κ2) is 4.31. The van der Waals surface area contributed by atoms with Crippen LogP contribution in [0.2, 0.25) is 0 Å². The molecule has 0 radical (unpaired) electrons. The van der Waals surface area contributed by atoms with Gasteiger partial charge in [0.15, 0.2) is 0 Å². The first-order chi connectivity index (χ1) is 7.68. The number of hydrogen-bond donors (Lipinski definition) is 0. The first kappa shape index (κ1) is 10.6. The Bertz CT molecular complexity index is 482. The summed E-state index contributed by atoms with van der Waals surface area (Å²) in [4.78, 5) is 4.50. The van der Waals surface area contributed by atoms with Gasteiger partial charge in [-0.05, 0) is 19.1 Å². The van der Waals surface area contributed by atoms with Crippen LogP contribution in [0.15, 0.2) is 40.4 Å². The van der Waals surface area contributed by atoms with Crippen LogP contribution in [0.1, 0.15) is 12.5 Å². The van der Waals surface area contributed by atoms with Crippen molar-refractivity contribution in [1.29, 1.82) is 0 Å². The second-order valence-corrected chi connectivity index (χ2v) is 3.91. The van der Waals surface area contributed by atoms with Crippen molar-refractivity contribution in [2.75, 3.05) is 14.1 Å². The lowest BCUT2D eigenvalue weighted by Gasteiger charge is -2.02. The number of allylic oxidation sites excluding steroid dienone is 2. The molecule has 0 fully saturated rings. The Kier molecular flexibility index (Phi) is 2.86. The lowest BCUT2D eigenvalue weighted by molar-refractivity contribution is 0.440. The predicted molar refractivity (Wildman–Crippen MR) is 69.4 cm³/mol. The number of hydrogen-bond acceptors (Lipinski definition) is 3. The van der Waals surface area contributed by atoms with Crippen molar-refractivity contribution < 1.29 is 0 Å². The van der Waals surface area contributed by atoms with Crippen LogP contribution in [0, 0.1) is 0 Å². The Balaban J connectivity index is 2.34. The minimum absolute atomic E-state index is 1.05. The summed E-state index contributed by atoms with van der Waals surface area (Å²) in [5, 5.41) is 5.94. The summed E-state index contributed by atoms with van der Waals surface area (Å²) in [7, 11) is 3.80. The van der Waals surface area contributed by atoms with E-state index >= 15 is 0 Å². The van der Waals surface area contributed by atoms with Crippen molar-refractivity contribution in [1.82, 2.24) is 5.01 Å². The fourth-order valence-corrected chi connectivity index (χ4v) is 1.69. The van der Waals surface area contributed by atoms with Crippen LogP contribution in [-0.4, -0.2) is 31.0 Å². The fraction of sp³-hybridized carbons (Fsp3) is 0.231. The highest BCUT2D eigenvalue weighted by atomic mass is 15.4. The average molecular weight is 213 g/mol. The molecule has 1 aromatic carbocycles. The molecule has 3 nitrogen and oxygen atoms in total. The fourth-order valence-electron chi connectivity index (χ4n) is 1.69. The molecule has 0 amide bonds. The Labute approximate surface area is 95.8 Å². The second-order valence-electron chi connectivity index (χ2n) is 3.91. The van der Waals surface area contributed by atoms with Crippen molar-refractivity contribution in [2.24, 2.45) is 10.1 Å². The average Bonchev–Trinajstić information content (AvgIpc) is 2.55. The molecule has 3 heteroatoms. The molecule has 0 unspecified atom stereocenters. The van der Waals surface area contributed by atoms with Gasteiger partial charge < -0.3 is 5.01 Å². The monoisotopic (exact) mass is 213 g/mol. The maximum Gasteiger partial charge on any atom is 0.0712 e. The first-order valence-corrected chi connectivity index (χ1v) is 5.25. The summed E-state index contributed by atoms with van der Waals surface area (Å²) in [5.41, 5.74) is 4.43. The van der Waals surface area contributed by atoms with Crippen molar-refractivity contribution in [3.05, 3.63) is 35.9 Å². The van der Waals surface area contributed by atoms with Gasteiger partial charge in [0, 0.05) is 37.2 Å². The number of para-hydroxylation sites is 1. The summed E-state index contributed by atoms with van der Waals surface area (Å²) in [6.45, 7) is 2.02. The molecule has 1 aromatic rings. The molecule has 1 heterocycles. The van der Waals surface area contributed by atoms with Gasteiger partial charge in [-0.1, -0.05) is 18.2 Å². The van der Waals surface area contributed by atoms with Crippen LogP contribution in [0.5, 0.6) is 0 Å². The van der Waals surface area contributed by atoms with E-state index in [0.717, 1.165) is 17.0 Å². The van der Waals surface area contributed by atoms with E-state index in [9.17, 15) is 0 Å². The van der Waals surface area contributed by atoms with Gasteiger partial charge in [-0.15, -0.1) is 0 Å². The molecule has 1 aliphatic rings. The number of benzene rings is 1. The van der Waals surface area contributed by atoms with E-state index in [1.807, 2.05) is 45.3 Å². The van der Waals surface area contributed by atoms with E-state index in [0.29, 0.717) is 0 Å². The van der Waals surface area contributed by atoms with Crippen molar-refractivity contribution in [3.8, 4) is 0 Å². The highest BCUT2D eigenvalue weighted by molar-refractivity contribution is 6.29. The molecule has 1 aliphatic heterocycles. The van der Waals surface area contributed by atoms with Crippen molar-refractivity contribution in [3.63, 3.8) is 0 Å². The van der Waals surface area contributed by atoms with E-state index in [4.69, 9.17) is 0 Å². The molecule has 16 heavy (non-hydrogen) atoms. The zero-order valence-corrected chi connectivity index (χ0v) is 9.81. The van der Waals surface area contributed by atoms with E-state index in [2.05, 4.69) is 16.2 Å². The highest BCUT2D eigenvalue weighted by Gasteiger charge is 2.15. The standard InChI is InChI=1S/C13H15N3/c1-10-11(8-9-14-16(2)3)12-6-4-5-7-13(12)15-10/h4-9H,1-3H3/b11-8+,14-9+. The van der Waals surface area contributed by atoms with E-state index in [1.165, 1.54) is 5.56 Å². The van der Waals surface area contributed by atoms with Crippen molar-refractivity contribution in [2.45, 2.75) is 6.92 Å². The van der Waals surface area contributed by atoms with Gasteiger partial charge in [-0.3, -0.25) is 4.99 Å². The minimum atomic E-state index is 1.05. The summed E-state index contributed by atoms with van der Waals surface area (Å²) in [6.07, 6.45) is 3.81. The molecule has 0 aromatic heterocycles. The summed E-state index contributed by atoms with van der Waals surface area (Å²) in [5.74, 6) is 0. The number of hydrazone groups is 1. The maximum absolute atomic E-state index is 4.50. The van der Waals surface area contributed by atoms with Crippen molar-refractivity contribution >= 4 is 23.2 Å². The van der Waals surface area contributed by atoms with E-state index < -0.39 is 0 Å². The summed E-state index contributed by atoms with van der Waals surface area (Å²) >= 11 is 0. The summed E-state index contributed by atoms with van der Waals surface area (Å²) < 4.78 is 0. The minimum Gasteiger partial charge on any atom is -0.303 e. The van der Waals surface area contributed by atoms with Gasteiger partial charge in [-0.25, -0.2) is 0 Å². The molecule has 82 valence electrons. The number of aliphatic imine (C=N–C) groups is 1. The topological polar surface area (TPSA) is 28.0 Å².